The average Bonchev–Trinajstić information content (AvgIpc) is 2.27. The molecular formula is C11H21N3O3. The lowest BCUT2D eigenvalue weighted by atomic mass is 10.1. The second-order valence-electron chi connectivity index (χ2n) is 4.47. The minimum atomic E-state index is -1.04. The fraction of sp³-hybridized carbons (Fsp3) is 0.818. The third-order valence-electron chi connectivity index (χ3n) is 3.19. The third-order valence-corrected chi connectivity index (χ3v) is 3.19. The second-order valence-corrected chi connectivity index (χ2v) is 4.47. The SMILES string of the molecule is CCN1CCN(C(=O)C(N)CC(=O)O)CC1C. The van der Waals surface area contributed by atoms with Gasteiger partial charge in [-0.3, -0.25) is 14.5 Å². The van der Waals surface area contributed by atoms with E-state index in [4.69, 9.17) is 10.8 Å². The van der Waals surface area contributed by atoms with Crippen LogP contribution in [-0.2, 0) is 9.59 Å². The van der Waals surface area contributed by atoms with E-state index in [1.807, 2.05) is 0 Å². The predicted octanol–water partition coefficient (Wildman–Crippen LogP) is -0.659. The van der Waals surface area contributed by atoms with Gasteiger partial charge in [0.25, 0.3) is 0 Å². The van der Waals surface area contributed by atoms with E-state index in [-0.39, 0.29) is 12.3 Å². The first kappa shape index (κ1) is 13.9. The molecule has 0 aromatic heterocycles. The van der Waals surface area contributed by atoms with Crippen molar-refractivity contribution in [1.29, 1.82) is 0 Å². The van der Waals surface area contributed by atoms with Gasteiger partial charge in [0.05, 0.1) is 12.5 Å². The van der Waals surface area contributed by atoms with Crippen molar-refractivity contribution in [2.45, 2.75) is 32.4 Å². The minimum Gasteiger partial charge on any atom is -0.481 e. The standard InChI is InChI=1S/C11H21N3O3/c1-3-13-4-5-14(7-8(13)2)11(17)9(12)6-10(15)16/h8-9H,3-7,12H2,1-2H3,(H,15,16). The van der Waals surface area contributed by atoms with Crippen molar-refractivity contribution in [3.8, 4) is 0 Å². The summed E-state index contributed by atoms with van der Waals surface area (Å²) in [5.41, 5.74) is 5.58. The molecule has 6 heteroatoms. The molecule has 0 bridgehead atoms. The van der Waals surface area contributed by atoms with Crippen LogP contribution in [0.15, 0.2) is 0 Å². The lowest BCUT2D eigenvalue weighted by Crippen LogP contribution is -2.56. The van der Waals surface area contributed by atoms with Crippen molar-refractivity contribution in [1.82, 2.24) is 9.80 Å². The monoisotopic (exact) mass is 243 g/mol. The first-order valence-corrected chi connectivity index (χ1v) is 5.96. The molecule has 3 N–H and O–H groups in total. The van der Waals surface area contributed by atoms with E-state index in [0.29, 0.717) is 19.1 Å². The predicted molar refractivity (Wildman–Crippen MR) is 63.5 cm³/mol. The molecule has 1 amide bonds. The Bertz CT molecular complexity index is 296. The van der Waals surface area contributed by atoms with Gasteiger partial charge in [0.1, 0.15) is 0 Å². The number of rotatable bonds is 4. The Hall–Kier alpha value is -1.14. The second kappa shape index (κ2) is 5.97. The van der Waals surface area contributed by atoms with Crippen molar-refractivity contribution >= 4 is 11.9 Å². The molecule has 0 saturated carbocycles. The Kier molecular flexibility index (Phi) is 4.89. The zero-order valence-electron chi connectivity index (χ0n) is 10.4. The summed E-state index contributed by atoms with van der Waals surface area (Å²) in [6, 6.07) is -0.623. The fourth-order valence-corrected chi connectivity index (χ4v) is 2.18. The maximum Gasteiger partial charge on any atom is 0.305 e. The Morgan fingerprint density at radius 3 is 2.59 bits per heavy atom. The number of amides is 1. The first-order chi connectivity index (χ1) is 7.95. The molecule has 1 aliphatic heterocycles. The van der Waals surface area contributed by atoms with Gasteiger partial charge < -0.3 is 15.7 Å². The summed E-state index contributed by atoms with van der Waals surface area (Å²) < 4.78 is 0. The van der Waals surface area contributed by atoms with Crippen LogP contribution in [0, 0.1) is 0 Å². The molecule has 0 radical (unpaired) electrons. The van der Waals surface area contributed by atoms with Crippen molar-refractivity contribution in [2.75, 3.05) is 26.2 Å². The zero-order valence-corrected chi connectivity index (χ0v) is 10.4. The summed E-state index contributed by atoms with van der Waals surface area (Å²) in [5.74, 6) is -1.29. The summed E-state index contributed by atoms with van der Waals surface area (Å²) in [4.78, 5) is 26.3. The zero-order chi connectivity index (χ0) is 13.0. The quantitative estimate of drug-likeness (QED) is 0.684. The lowest BCUT2D eigenvalue weighted by molar-refractivity contribution is -0.143. The smallest absolute Gasteiger partial charge is 0.305 e. The van der Waals surface area contributed by atoms with Gasteiger partial charge in [0, 0.05) is 25.7 Å². The van der Waals surface area contributed by atoms with Crippen molar-refractivity contribution in [2.24, 2.45) is 5.73 Å². The number of likely N-dealkylation sites (N-methyl/N-ethyl adjacent to an activating group) is 1. The van der Waals surface area contributed by atoms with Gasteiger partial charge in [-0.05, 0) is 13.5 Å². The summed E-state index contributed by atoms with van der Waals surface area (Å²) in [5, 5.41) is 8.60. The maximum absolute atomic E-state index is 11.9. The largest absolute Gasteiger partial charge is 0.481 e. The van der Waals surface area contributed by atoms with Crippen LogP contribution in [0.3, 0.4) is 0 Å². The first-order valence-electron chi connectivity index (χ1n) is 5.96. The highest BCUT2D eigenvalue weighted by atomic mass is 16.4. The number of carboxylic acids is 1. The topological polar surface area (TPSA) is 86.9 Å². The summed E-state index contributed by atoms with van der Waals surface area (Å²) in [6.07, 6.45) is -0.304. The molecule has 98 valence electrons. The molecule has 17 heavy (non-hydrogen) atoms. The number of carbonyl (C=O) groups excluding carboxylic acids is 1. The van der Waals surface area contributed by atoms with Gasteiger partial charge >= 0.3 is 5.97 Å². The Morgan fingerprint density at radius 2 is 2.12 bits per heavy atom. The van der Waals surface area contributed by atoms with Crippen molar-refractivity contribution in [3.63, 3.8) is 0 Å². The molecule has 1 aliphatic rings. The highest BCUT2D eigenvalue weighted by molar-refractivity contribution is 5.86. The average molecular weight is 243 g/mol. The van der Waals surface area contributed by atoms with Crippen molar-refractivity contribution < 1.29 is 14.7 Å². The third kappa shape index (κ3) is 3.67. The summed E-state index contributed by atoms with van der Waals surface area (Å²) in [6.45, 7) is 7.19. The van der Waals surface area contributed by atoms with Crippen LogP contribution in [0.4, 0.5) is 0 Å². The Balaban J connectivity index is 2.51. The normalized spacial score (nSPS) is 23.5. The van der Waals surface area contributed by atoms with E-state index in [1.54, 1.807) is 4.90 Å². The van der Waals surface area contributed by atoms with Crippen LogP contribution in [0.2, 0.25) is 0 Å². The molecule has 1 saturated heterocycles. The van der Waals surface area contributed by atoms with Gasteiger partial charge in [-0.1, -0.05) is 6.92 Å². The maximum atomic E-state index is 11.9. The van der Waals surface area contributed by atoms with Gasteiger partial charge in [0.15, 0.2) is 0 Å². The lowest BCUT2D eigenvalue weighted by Gasteiger charge is -2.40. The number of hydrogen-bond acceptors (Lipinski definition) is 4. The van der Waals surface area contributed by atoms with E-state index in [0.717, 1.165) is 13.1 Å². The summed E-state index contributed by atoms with van der Waals surface area (Å²) >= 11 is 0. The molecule has 1 rings (SSSR count). The number of piperazine rings is 1. The number of nitrogens with zero attached hydrogens (tertiary/aromatic N) is 2. The van der Waals surface area contributed by atoms with Crippen LogP contribution in [0.1, 0.15) is 20.3 Å². The van der Waals surface area contributed by atoms with E-state index in [2.05, 4.69) is 18.7 Å². The summed E-state index contributed by atoms with van der Waals surface area (Å²) in [7, 11) is 0. The molecule has 0 aliphatic carbocycles. The highest BCUT2D eigenvalue weighted by Gasteiger charge is 2.29. The molecular weight excluding hydrogens is 222 g/mol. The molecule has 0 aromatic rings. The molecule has 2 unspecified atom stereocenters. The molecule has 1 fully saturated rings. The highest BCUT2D eigenvalue weighted by Crippen LogP contribution is 2.10. The molecule has 0 aromatic carbocycles. The van der Waals surface area contributed by atoms with Gasteiger partial charge in [-0.25, -0.2) is 0 Å². The minimum absolute atomic E-state index is 0.255. The number of carboxylic acid groups (broad SMARTS) is 1. The van der Waals surface area contributed by atoms with E-state index >= 15 is 0 Å². The van der Waals surface area contributed by atoms with Crippen molar-refractivity contribution in [3.05, 3.63) is 0 Å². The van der Waals surface area contributed by atoms with E-state index in [1.165, 1.54) is 0 Å². The van der Waals surface area contributed by atoms with Crippen LogP contribution in [0.25, 0.3) is 0 Å². The Morgan fingerprint density at radius 1 is 1.47 bits per heavy atom. The van der Waals surface area contributed by atoms with Gasteiger partial charge in [-0.2, -0.15) is 0 Å². The van der Waals surface area contributed by atoms with Crippen LogP contribution in [0.5, 0.6) is 0 Å². The van der Waals surface area contributed by atoms with Crippen LogP contribution in [-0.4, -0.2) is 65.0 Å². The number of aliphatic carboxylic acids is 1. The van der Waals surface area contributed by atoms with Crippen LogP contribution < -0.4 is 5.73 Å². The van der Waals surface area contributed by atoms with E-state index in [9.17, 15) is 9.59 Å². The molecule has 0 spiro atoms. The number of carbonyl (C=O) groups is 2. The Labute approximate surface area is 101 Å². The fourth-order valence-electron chi connectivity index (χ4n) is 2.18. The number of nitrogens with two attached hydrogens (primary N) is 1. The number of hydrogen-bond donors (Lipinski definition) is 2. The van der Waals surface area contributed by atoms with E-state index < -0.39 is 12.0 Å². The molecule has 6 nitrogen and oxygen atoms in total. The van der Waals surface area contributed by atoms with Gasteiger partial charge in [-0.15, -0.1) is 0 Å². The van der Waals surface area contributed by atoms with Crippen LogP contribution >= 0.6 is 0 Å². The molecule has 2 atom stereocenters. The van der Waals surface area contributed by atoms with Gasteiger partial charge in [0.2, 0.25) is 5.91 Å². The molecule has 1 heterocycles.